The second-order valence-electron chi connectivity index (χ2n) is 7.96. The number of hydrogen-bond acceptors (Lipinski definition) is 9. The third-order valence-corrected chi connectivity index (χ3v) is 11.1. The van der Waals surface area contributed by atoms with E-state index in [4.69, 9.17) is 0 Å². The number of carboxylic acids is 2. The molecule has 5 N–H and O–H groups in total. The maximum absolute atomic E-state index is 12.4. The van der Waals surface area contributed by atoms with Gasteiger partial charge in [-0.1, -0.05) is 0 Å². The fourth-order valence-corrected chi connectivity index (χ4v) is 9.50. The van der Waals surface area contributed by atoms with Crippen LogP contribution in [0.15, 0.2) is 0 Å². The molecule has 2 fully saturated rings. The number of thioether (sulfide) groups is 4. The zero-order valence-electron chi connectivity index (χ0n) is 17.8. The van der Waals surface area contributed by atoms with Gasteiger partial charge in [-0.2, -0.15) is 0 Å². The lowest BCUT2D eigenvalue weighted by atomic mass is 10.2. The molecule has 4 atom stereocenters. The van der Waals surface area contributed by atoms with E-state index in [1.165, 1.54) is 47.0 Å². The van der Waals surface area contributed by atoms with Crippen LogP contribution in [0.25, 0.3) is 0 Å². The molecule has 2 aliphatic heterocycles. The summed E-state index contributed by atoms with van der Waals surface area (Å²) in [7, 11) is 0. The molecular formula is C18H29N3O6S4. The standard InChI is InChI=1S/C18H29N3O6S4/c1-17(2)28-9(11(30-17)15(24)25)13(22)20-7-5-19-6-8-21-14(23)10-12(16(26)27)31-18(3,4)29-10/h9-12,19H,5-8H2,1-4H3,(H,20,22)(H,21,23)(H,24,25)(H,26,27). The smallest absolute Gasteiger partial charge is 0.318 e. The van der Waals surface area contributed by atoms with Crippen LogP contribution in [0.2, 0.25) is 0 Å². The van der Waals surface area contributed by atoms with Gasteiger partial charge in [0.05, 0.1) is 8.16 Å². The molecule has 2 amide bonds. The fourth-order valence-electron chi connectivity index (χ4n) is 3.14. The van der Waals surface area contributed by atoms with Gasteiger partial charge in [0.15, 0.2) is 0 Å². The first-order valence-electron chi connectivity index (χ1n) is 9.76. The van der Waals surface area contributed by atoms with Crippen LogP contribution in [0.3, 0.4) is 0 Å². The van der Waals surface area contributed by atoms with Gasteiger partial charge >= 0.3 is 11.9 Å². The summed E-state index contributed by atoms with van der Waals surface area (Å²) in [5.41, 5.74) is 0. The maximum Gasteiger partial charge on any atom is 0.318 e. The van der Waals surface area contributed by atoms with E-state index in [-0.39, 0.29) is 20.0 Å². The third kappa shape index (κ3) is 7.65. The fraction of sp³-hybridized carbons (Fsp3) is 0.778. The van der Waals surface area contributed by atoms with Crippen molar-refractivity contribution in [2.24, 2.45) is 0 Å². The lowest BCUT2D eigenvalue weighted by Crippen LogP contribution is -2.44. The predicted octanol–water partition coefficient (Wildman–Crippen LogP) is 0.884. The van der Waals surface area contributed by atoms with Crippen LogP contribution >= 0.6 is 47.0 Å². The minimum Gasteiger partial charge on any atom is -0.480 e. The van der Waals surface area contributed by atoms with Crippen molar-refractivity contribution < 1.29 is 29.4 Å². The summed E-state index contributed by atoms with van der Waals surface area (Å²) in [6.07, 6.45) is 0. The van der Waals surface area contributed by atoms with Gasteiger partial charge in [-0.05, 0) is 27.7 Å². The summed E-state index contributed by atoms with van der Waals surface area (Å²) >= 11 is 5.28. The van der Waals surface area contributed by atoms with Crippen molar-refractivity contribution in [2.75, 3.05) is 26.2 Å². The summed E-state index contributed by atoms with van der Waals surface area (Å²) < 4.78 is -0.654. The maximum atomic E-state index is 12.4. The van der Waals surface area contributed by atoms with Crippen LogP contribution in [0.5, 0.6) is 0 Å². The van der Waals surface area contributed by atoms with Gasteiger partial charge in [0.25, 0.3) is 0 Å². The first-order chi connectivity index (χ1) is 14.3. The Morgan fingerprint density at radius 1 is 0.645 bits per heavy atom. The normalized spacial score (nSPS) is 28.8. The van der Waals surface area contributed by atoms with Crippen molar-refractivity contribution in [3.05, 3.63) is 0 Å². The topological polar surface area (TPSA) is 145 Å². The van der Waals surface area contributed by atoms with E-state index < -0.39 is 32.9 Å². The Kier molecular flexibility index (Phi) is 9.32. The van der Waals surface area contributed by atoms with Crippen LogP contribution in [0, 0.1) is 0 Å². The van der Waals surface area contributed by atoms with Crippen molar-refractivity contribution in [3.8, 4) is 0 Å². The lowest BCUT2D eigenvalue weighted by molar-refractivity contribution is -0.138. The van der Waals surface area contributed by atoms with E-state index >= 15 is 0 Å². The molecule has 176 valence electrons. The number of rotatable bonds is 10. The number of aliphatic carboxylic acids is 2. The monoisotopic (exact) mass is 511 g/mol. The molecule has 0 aromatic carbocycles. The van der Waals surface area contributed by atoms with E-state index in [2.05, 4.69) is 16.0 Å². The van der Waals surface area contributed by atoms with E-state index in [9.17, 15) is 29.4 Å². The molecule has 2 aliphatic rings. The van der Waals surface area contributed by atoms with Gasteiger partial charge in [-0.15, -0.1) is 47.0 Å². The molecular weight excluding hydrogens is 482 g/mol. The van der Waals surface area contributed by atoms with Crippen LogP contribution < -0.4 is 16.0 Å². The number of carbonyl (C=O) groups excluding carboxylic acids is 2. The van der Waals surface area contributed by atoms with Gasteiger partial charge in [-0.25, -0.2) is 0 Å². The number of amides is 2. The predicted molar refractivity (Wildman–Crippen MR) is 128 cm³/mol. The third-order valence-electron chi connectivity index (χ3n) is 4.40. The quantitative estimate of drug-likeness (QED) is 0.267. The SMILES string of the molecule is CC1(C)SC(C(=O)O)C(C(=O)NCCNCCNC(=O)C2SC(C)(C)SC2C(=O)O)S1. The highest BCUT2D eigenvalue weighted by atomic mass is 32.2. The lowest BCUT2D eigenvalue weighted by Gasteiger charge is -2.16. The van der Waals surface area contributed by atoms with Gasteiger partial charge < -0.3 is 26.2 Å². The first-order valence-corrected chi connectivity index (χ1v) is 13.3. The molecule has 0 aromatic heterocycles. The molecule has 0 aliphatic carbocycles. The van der Waals surface area contributed by atoms with Crippen molar-refractivity contribution in [2.45, 2.75) is 56.9 Å². The van der Waals surface area contributed by atoms with Crippen LogP contribution in [0.4, 0.5) is 0 Å². The molecule has 2 saturated heterocycles. The molecule has 31 heavy (non-hydrogen) atoms. The molecule has 2 rings (SSSR count). The summed E-state index contributed by atoms with van der Waals surface area (Å²) in [5, 5.41) is 24.5. The number of nitrogens with one attached hydrogen (secondary N) is 3. The van der Waals surface area contributed by atoms with E-state index in [0.29, 0.717) is 26.2 Å². The Labute approximate surface area is 198 Å². The van der Waals surface area contributed by atoms with Crippen molar-refractivity contribution >= 4 is 70.8 Å². The molecule has 0 bridgehead atoms. The van der Waals surface area contributed by atoms with E-state index in [0.717, 1.165) is 0 Å². The largest absolute Gasteiger partial charge is 0.480 e. The average Bonchev–Trinajstić information content (AvgIpc) is 3.16. The first kappa shape index (κ1) is 26.5. The van der Waals surface area contributed by atoms with Crippen molar-refractivity contribution in [1.29, 1.82) is 0 Å². The van der Waals surface area contributed by atoms with Crippen LogP contribution in [0.1, 0.15) is 27.7 Å². The molecule has 0 aromatic rings. The molecule has 0 radical (unpaired) electrons. The highest BCUT2D eigenvalue weighted by Gasteiger charge is 2.49. The summed E-state index contributed by atoms with van der Waals surface area (Å²) in [4.78, 5) is 47.5. The summed E-state index contributed by atoms with van der Waals surface area (Å²) in [6.45, 7) is 9.23. The molecule has 0 saturated carbocycles. The highest BCUT2D eigenvalue weighted by molar-refractivity contribution is 8.23. The number of hydrogen-bond donors (Lipinski definition) is 5. The Hall–Kier alpha value is -0.760. The van der Waals surface area contributed by atoms with E-state index in [1.54, 1.807) is 0 Å². The number of carbonyl (C=O) groups is 4. The van der Waals surface area contributed by atoms with Gasteiger partial charge in [-0.3, -0.25) is 19.2 Å². The minimum atomic E-state index is -0.982. The Morgan fingerprint density at radius 2 is 0.968 bits per heavy atom. The molecule has 2 heterocycles. The van der Waals surface area contributed by atoms with Gasteiger partial charge in [0, 0.05) is 26.2 Å². The number of carboxylic acid groups (broad SMARTS) is 2. The summed E-state index contributed by atoms with van der Waals surface area (Å²) in [6, 6.07) is 0. The van der Waals surface area contributed by atoms with E-state index in [1.807, 2.05) is 27.7 Å². The Balaban J connectivity index is 1.64. The van der Waals surface area contributed by atoms with Gasteiger partial charge in [0.1, 0.15) is 21.0 Å². The Bertz CT molecular complexity index is 662. The molecule has 0 spiro atoms. The van der Waals surface area contributed by atoms with Gasteiger partial charge in [0.2, 0.25) is 11.8 Å². The van der Waals surface area contributed by atoms with Crippen molar-refractivity contribution in [3.63, 3.8) is 0 Å². The second-order valence-corrected chi connectivity index (χ2v) is 15.5. The highest BCUT2D eigenvalue weighted by Crippen LogP contribution is 2.52. The molecule has 9 nitrogen and oxygen atoms in total. The van der Waals surface area contributed by atoms with Crippen LogP contribution in [-0.4, -0.2) is 89.3 Å². The minimum absolute atomic E-state index is 0.288. The Morgan fingerprint density at radius 3 is 1.29 bits per heavy atom. The zero-order valence-corrected chi connectivity index (χ0v) is 21.1. The molecule has 13 heteroatoms. The van der Waals surface area contributed by atoms with Crippen LogP contribution in [-0.2, 0) is 19.2 Å². The average molecular weight is 512 g/mol. The van der Waals surface area contributed by atoms with Crippen molar-refractivity contribution in [1.82, 2.24) is 16.0 Å². The molecule has 4 unspecified atom stereocenters. The second kappa shape index (κ2) is 10.9. The zero-order chi connectivity index (χ0) is 23.4. The summed E-state index contributed by atoms with van der Waals surface area (Å²) in [5.74, 6) is -2.54.